The maximum atomic E-state index is 2.63. The van der Waals surface area contributed by atoms with Gasteiger partial charge in [0.1, 0.15) is 0 Å². The quantitative estimate of drug-likeness (QED) is 0.303. The van der Waals surface area contributed by atoms with Crippen LogP contribution >= 0.6 is 0 Å². The molecule has 0 aromatic carbocycles. The Morgan fingerprint density at radius 2 is 1.35 bits per heavy atom. The van der Waals surface area contributed by atoms with Crippen molar-refractivity contribution < 1.29 is 0 Å². The van der Waals surface area contributed by atoms with Gasteiger partial charge in [-0.25, -0.2) is 0 Å². The zero-order chi connectivity index (χ0) is 19.6. The summed E-state index contributed by atoms with van der Waals surface area (Å²) < 4.78 is 0. The molecular weight excluding hydrogens is 312 g/mol. The summed E-state index contributed by atoms with van der Waals surface area (Å²) in [6.45, 7) is 17.5. The molecule has 1 saturated carbocycles. The second kappa shape index (κ2) is 12.5. The molecule has 1 aliphatic rings. The van der Waals surface area contributed by atoms with E-state index in [2.05, 4.69) is 48.5 Å². The van der Waals surface area contributed by atoms with Crippen molar-refractivity contribution in [3.05, 3.63) is 0 Å². The van der Waals surface area contributed by atoms with Crippen LogP contribution in [0.2, 0.25) is 0 Å². The normalized spacial score (nSPS) is 24.5. The molecule has 156 valence electrons. The molecule has 0 nitrogen and oxygen atoms in total. The first-order valence-corrected chi connectivity index (χ1v) is 12.4. The fourth-order valence-electron chi connectivity index (χ4n) is 6.09. The Balaban J connectivity index is 2.95. The summed E-state index contributed by atoms with van der Waals surface area (Å²) in [5, 5.41) is 0. The van der Waals surface area contributed by atoms with Crippen LogP contribution in [0.4, 0.5) is 0 Å². The molecule has 0 amide bonds. The molecule has 0 aliphatic heterocycles. The van der Waals surface area contributed by atoms with Crippen molar-refractivity contribution in [1.29, 1.82) is 0 Å². The Morgan fingerprint density at radius 1 is 0.769 bits per heavy atom. The van der Waals surface area contributed by atoms with E-state index in [0.717, 1.165) is 29.6 Å². The van der Waals surface area contributed by atoms with Crippen LogP contribution in [0.15, 0.2) is 0 Å². The molecule has 0 spiro atoms. The lowest BCUT2D eigenvalue weighted by molar-refractivity contribution is 0.0318. The highest BCUT2D eigenvalue weighted by atomic mass is 14.5. The van der Waals surface area contributed by atoms with Crippen molar-refractivity contribution in [2.24, 2.45) is 35.0 Å². The average molecular weight is 365 g/mol. The Kier molecular flexibility index (Phi) is 11.5. The van der Waals surface area contributed by atoms with E-state index in [1.807, 2.05) is 0 Å². The van der Waals surface area contributed by atoms with Gasteiger partial charge in [0.05, 0.1) is 0 Å². The lowest BCUT2D eigenvalue weighted by atomic mass is 9.59. The van der Waals surface area contributed by atoms with E-state index in [9.17, 15) is 0 Å². The molecule has 0 bridgehead atoms. The van der Waals surface area contributed by atoms with Crippen molar-refractivity contribution >= 4 is 0 Å². The summed E-state index contributed by atoms with van der Waals surface area (Å²) in [4.78, 5) is 0. The molecule has 4 unspecified atom stereocenters. The van der Waals surface area contributed by atoms with Crippen molar-refractivity contribution in [1.82, 2.24) is 0 Å². The van der Waals surface area contributed by atoms with Gasteiger partial charge in [-0.1, -0.05) is 119 Å². The fraction of sp³-hybridized carbons (Fsp3) is 1.00. The van der Waals surface area contributed by atoms with Gasteiger partial charge in [0.15, 0.2) is 0 Å². The van der Waals surface area contributed by atoms with Gasteiger partial charge in [-0.2, -0.15) is 0 Å². The monoisotopic (exact) mass is 364 g/mol. The first kappa shape index (κ1) is 24.0. The van der Waals surface area contributed by atoms with Crippen LogP contribution in [0, 0.1) is 35.0 Å². The van der Waals surface area contributed by atoms with E-state index in [4.69, 9.17) is 0 Å². The molecule has 0 aromatic heterocycles. The smallest absolute Gasteiger partial charge is 0.0297 e. The molecule has 0 heteroatoms. The van der Waals surface area contributed by atoms with Gasteiger partial charge >= 0.3 is 0 Å². The van der Waals surface area contributed by atoms with Crippen LogP contribution in [0.1, 0.15) is 132 Å². The van der Waals surface area contributed by atoms with E-state index in [1.54, 1.807) is 0 Å². The molecule has 4 atom stereocenters. The predicted molar refractivity (Wildman–Crippen MR) is 120 cm³/mol. The summed E-state index contributed by atoms with van der Waals surface area (Å²) in [6, 6.07) is 0. The summed E-state index contributed by atoms with van der Waals surface area (Å²) in [5.41, 5.74) is 0.488. The van der Waals surface area contributed by atoms with Crippen LogP contribution in [0.5, 0.6) is 0 Å². The summed E-state index contributed by atoms with van der Waals surface area (Å²) in [5.74, 6) is 4.66. The average Bonchev–Trinajstić information content (AvgIpc) is 2.80. The minimum atomic E-state index is 0.488. The van der Waals surface area contributed by atoms with Gasteiger partial charge in [-0.05, 0) is 47.8 Å². The third-order valence-electron chi connectivity index (χ3n) is 8.17. The van der Waals surface area contributed by atoms with E-state index in [-0.39, 0.29) is 0 Å². The SMILES string of the molecule is CCCC(CCC)CCC(C1CCCCCC1C)C(C)(C)C(C)CCC. The fourth-order valence-corrected chi connectivity index (χ4v) is 6.09. The van der Waals surface area contributed by atoms with E-state index in [0.29, 0.717) is 5.41 Å². The third kappa shape index (κ3) is 7.20. The van der Waals surface area contributed by atoms with Crippen LogP contribution in [-0.4, -0.2) is 0 Å². The predicted octanol–water partition coefficient (Wildman–Crippen LogP) is 9.28. The van der Waals surface area contributed by atoms with Crippen molar-refractivity contribution in [3.8, 4) is 0 Å². The molecule has 1 aliphatic carbocycles. The topological polar surface area (TPSA) is 0 Å². The highest BCUT2D eigenvalue weighted by Gasteiger charge is 2.40. The zero-order valence-corrected chi connectivity index (χ0v) is 19.6. The first-order chi connectivity index (χ1) is 12.4. The van der Waals surface area contributed by atoms with Gasteiger partial charge in [0.25, 0.3) is 0 Å². The Bertz CT molecular complexity index is 336. The Labute approximate surface area is 167 Å². The maximum absolute atomic E-state index is 2.63. The molecule has 26 heavy (non-hydrogen) atoms. The molecule has 0 radical (unpaired) electrons. The van der Waals surface area contributed by atoms with Gasteiger partial charge in [-0.15, -0.1) is 0 Å². The lowest BCUT2D eigenvalue weighted by Gasteiger charge is -2.46. The maximum Gasteiger partial charge on any atom is -0.0297 e. The van der Waals surface area contributed by atoms with Gasteiger partial charge in [-0.3, -0.25) is 0 Å². The molecule has 0 N–H and O–H groups in total. The number of hydrogen-bond donors (Lipinski definition) is 0. The van der Waals surface area contributed by atoms with Crippen LogP contribution in [0.25, 0.3) is 0 Å². The summed E-state index contributed by atoms with van der Waals surface area (Å²) in [7, 11) is 0. The van der Waals surface area contributed by atoms with Crippen molar-refractivity contribution in [3.63, 3.8) is 0 Å². The molecule has 1 fully saturated rings. The largest absolute Gasteiger partial charge is 0.0654 e. The highest BCUT2D eigenvalue weighted by molar-refractivity contribution is 4.90. The third-order valence-corrected chi connectivity index (χ3v) is 8.17. The van der Waals surface area contributed by atoms with Crippen LogP contribution in [-0.2, 0) is 0 Å². The van der Waals surface area contributed by atoms with Gasteiger partial charge in [0.2, 0.25) is 0 Å². The summed E-state index contributed by atoms with van der Waals surface area (Å²) >= 11 is 0. The molecule has 0 aromatic rings. The van der Waals surface area contributed by atoms with Crippen LogP contribution < -0.4 is 0 Å². The zero-order valence-electron chi connectivity index (χ0n) is 19.6. The van der Waals surface area contributed by atoms with E-state index in [1.165, 1.54) is 83.5 Å². The van der Waals surface area contributed by atoms with Gasteiger partial charge < -0.3 is 0 Å². The summed E-state index contributed by atoms with van der Waals surface area (Å²) in [6.07, 6.45) is 18.8. The first-order valence-electron chi connectivity index (χ1n) is 12.4. The number of hydrogen-bond acceptors (Lipinski definition) is 0. The van der Waals surface area contributed by atoms with Gasteiger partial charge in [0, 0.05) is 0 Å². The molecular formula is C26H52. The lowest BCUT2D eigenvalue weighted by Crippen LogP contribution is -2.38. The minimum Gasteiger partial charge on any atom is -0.0654 e. The minimum absolute atomic E-state index is 0.488. The standard InChI is InChI=1S/C26H52/c1-8-14-22(5)26(6,7)25(20-19-23(15-9-2)16-10-3)24-18-13-11-12-17-21(24)4/h21-25H,8-20H2,1-7H3. The van der Waals surface area contributed by atoms with E-state index < -0.39 is 0 Å². The molecule has 0 heterocycles. The van der Waals surface area contributed by atoms with Crippen LogP contribution in [0.3, 0.4) is 0 Å². The Hall–Kier alpha value is 0. The van der Waals surface area contributed by atoms with E-state index >= 15 is 0 Å². The Morgan fingerprint density at radius 3 is 1.92 bits per heavy atom. The highest BCUT2D eigenvalue weighted by Crippen LogP contribution is 2.49. The second-order valence-electron chi connectivity index (χ2n) is 10.4. The van der Waals surface area contributed by atoms with Crippen molar-refractivity contribution in [2.45, 2.75) is 132 Å². The second-order valence-corrected chi connectivity index (χ2v) is 10.4. The molecule has 1 rings (SSSR count). The number of rotatable bonds is 12. The molecule has 0 saturated heterocycles. The van der Waals surface area contributed by atoms with Crippen molar-refractivity contribution in [2.75, 3.05) is 0 Å².